The quantitative estimate of drug-likeness (QED) is 0.810. The van der Waals surface area contributed by atoms with Crippen LogP contribution in [-0.2, 0) is 6.42 Å². The molecule has 0 aliphatic heterocycles. The number of hydrogen-bond donors (Lipinski definition) is 1. The van der Waals surface area contributed by atoms with Gasteiger partial charge in [-0.1, -0.05) is 43.4 Å². The molecule has 0 bridgehead atoms. The molecule has 2 fully saturated rings. The van der Waals surface area contributed by atoms with Gasteiger partial charge >= 0.3 is 0 Å². The SMILES string of the molecule is Fc1ccc(CC(CNC2CC2)C2CCCC2)cc1Cl. The number of rotatable bonds is 6. The summed E-state index contributed by atoms with van der Waals surface area (Å²) < 4.78 is 13.3. The first-order valence-corrected chi connectivity index (χ1v) is 8.27. The van der Waals surface area contributed by atoms with Gasteiger partial charge in [-0.25, -0.2) is 4.39 Å². The molecule has 0 heterocycles. The smallest absolute Gasteiger partial charge is 0.141 e. The van der Waals surface area contributed by atoms with Crippen LogP contribution in [0.3, 0.4) is 0 Å². The van der Waals surface area contributed by atoms with Crippen LogP contribution < -0.4 is 5.32 Å². The molecule has 0 spiro atoms. The fraction of sp³-hybridized carbons (Fsp3) is 0.647. The average Bonchev–Trinajstić information content (AvgIpc) is 3.10. The van der Waals surface area contributed by atoms with E-state index in [2.05, 4.69) is 5.32 Å². The Bertz CT molecular complexity index is 452. The summed E-state index contributed by atoms with van der Waals surface area (Å²) in [5, 5.41) is 3.93. The second kappa shape index (κ2) is 6.44. The van der Waals surface area contributed by atoms with E-state index in [4.69, 9.17) is 11.6 Å². The molecule has 3 rings (SSSR count). The van der Waals surface area contributed by atoms with Gasteiger partial charge in [-0.15, -0.1) is 0 Å². The Morgan fingerprint density at radius 1 is 1.20 bits per heavy atom. The van der Waals surface area contributed by atoms with E-state index in [0.717, 1.165) is 24.9 Å². The van der Waals surface area contributed by atoms with E-state index in [1.807, 2.05) is 6.07 Å². The Balaban J connectivity index is 1.65. The molecule has 0 saturated heterocycles. The Kier molecular flexibility index (Phi) is 4.62. The maximum absolute atomic E-state index is 13.3. The highest BCUT2D eigenvalue weighted by atomic mass is 35.5. The van der Waals surface area contributed by atoms with Gasteiger partial charge in [0.1, 0.15) is 5.82 Å². The molecular weight excluding hydrogens is 273 g/mol. The molecule has 0 amide bonds. The van der Waals surface area contributed by atoms with Crippen molar-refractivity contribution in [3.8, 4) is 0 Å². The summed E-state index contributed by atoms with van der Waals surface area (Å²) in [6.45, 7) is 1.10. The Hall–Kier alpha value is -0.600. The third-order valence-electron chi connectivity index (χ3n) is 4.79. The third-order valence-corrected chi connectivity index (χ3v) is 5.08. The largest absolute Gasteiger partial charge is 0.314 e. The van der Waals surface area contributed by atoms with Crippen molar-refractivity contribution in [1.82, 2.24) is 5.32 Å². The van der Waals surface area contributed by atoms with Crippen LogP contribution in [0.5, 0.6) is 0 Å². The number of nitrogens with one attached hydrogen (secondary N) is 1. The van der Waals surface area contributed by atoms with Crippen LogP contribution in [0.15, 0.2) is 18.2 Å². The van der Waals surface area contributed by atoms with Crippen LogP contribution in [0.1, 0.15) is 44.1 Å². The summed E-state index contributed by atoms with van der Waals surface area (Å²) in [6.07, 6.45) is 9.13. The van der Waals surface area contributed by atoms with E-state index < -0.39 is 0 Å². The molecule has 1 aromatic carbocycles. The molecule has 110 valence electrons. The first-order valence-electron chi connectivity index (χ1n) is 7.89. The summed E-state index contributed by atoms with van der Waals surface area (Å²) in [5.74, 6) is 1.17. The minimum atomic E-state index is -0.316. The molecule has 1 N–H and O–H groups in total. The van der Waals surface area contributed by atoms with Crippen molar-refractivity contribution >= 4 is 11.6 Å². The monoisotopic (exact) mass is 295 g/mol. The van der Waals surface area contributed by atoms with Crippen molar-refractivity contribution in [2.45, 2.75) is 51.0 Å². The van der Waals surface area contributed by atoms with Gasteiger partial charge in [-0.3, -0.25) is 0 Å². The van der Waals surface area contributed by atoms with Gasteiger partial charge < -0.3 is 5.32 Å². The van der Waals surface area contributed by atoms with Crippen LogP contribution in [0.4, 0.5) is 4.39 Å². The minimum absolute atomic E-state index is 0.253. The lowest BCUT2D eigenvalue weighted by Crippen LogP contribution is -2.30. The molecule has 2 aliphatic carbocycles. The van der Waals surface area contributed by atoms with E-state index in [1.54, 1.807) is 6.07 Å². The van der Waals surface area contributed by atoms with Gasteiger partial charge in [0.05, 0.1) is 5.02 Å². The lowest BCUT2D eigenvalue weighted by Gasteiger charge is -2.24. The minimum Gasteiger partial charge on any atom is -0.314 e. The van der Waals surface area contributed by atoms with Gasteiger partial charge in [-0.05, 0) is 55.3 Å². The fourth-order valence-electron chi connectivity index (χ4n) is 3.41. The van der Waals surface area contributed by atoms with Crippen molar-refractivity contribution in [2.75, 3.05) is 6.54 Å². The molecule has 2 aliphatic rings. The van der Waals surface area contributed by atoms with Crippen LogP contribution in [0.25, 0.3) is 0 Å². The topological polar surface area (TPSA) is 12.0 Å². The van der Waals surface area contributed by atoms with Crippen molar-refractivity contribution < 1.29 is 4.39 Å². The highest BCUT2D eigenvalue weighted by Crippen LogP contribution is 2.34. The van der Waals surface area contributed by atoms with Gasteiger partial charge in [0.2, 0.25) is 0 Å². The molecular formula is C17H23ClFN. The zero-order valence-electron chi connectivity index (χ0n) is 11.9. The summed E-state index contributed by atoms with van der Waals surface area (Å²) in [5.41, 5.74) is 1.17. The number of hydrogen-bond acceptors (Lipinski definition) is 1. The first kappa shape index (κ1) is 14.3. The first-order chi connectivity index (χ1) is 9.72. The van der Waals surface area contributed by atoms with Crippen molar-refractivity contribution in [3.63, 3.8) is 0 Å². The number of benzene rings is 1. The van der Waals surface area contributed by atoms with Crippen LogP contribution in [0.2, 0.25) is 5.02 Å². The predicted octanol–water partition coefficient (Wildman–Crippen LogP) is 4.58. The second-order valence-electron chi connectivity index (χ2n) is 6.44. The molecule has 0 radical (unpaired) electrons. The molecule has 3 heteroatoms. The van der Waals surface area contributed by atoms with E-state index in [1.165, 1.54) is 50.2 Å². The highest BCUT2D eigenvalue weighted by Gasteiger charge is 2.28. The van der Waals surface area contributed by atoms with Gasteiger partial charge in [0.25, 0.3) is 0 Å². The lowest BCUT2D eigenvalue weighted by atomic mass is 9.85. The molecule has 1 aromatic rings. The third kappa shape index (κ3) is 3.73. The van der Waals surface area contributed by atoms with Gasteiger partial charge in [0, 0.05) is 6.04 Å². The molecule has 2 saturated carbocycles. The lowest BCUT2D eigenvalue weighted by molar-refractivity contribution is 0.320. The van der Waals surface area contributed by atoms with Gasteiger partial charge in [0.15, 0.2) is 0 Å². The van der Waals surface area contributed by atoms with Crippen LogP contribution in [-0.4, -0.2) is 12.6 Å². The fourth-order valence-corrected chi connectivity index (χ4v) is 3.61. The standard InChI is InChI=1S/C17H23ClFN/c18-16-10-12(5-8-17(16)19)9-14(11-20-15-6-7-15)13-3-1-2-4-13/h5,8,10,13-15,20H,1-4,6-7,9,11H2. The van der Waals surface area contributed by atoms with E-state index in [-0.39, 0.29) is 10.8 Å². The van der Waals surface area contributed by atoms with Crippen molar-refractivity contribution in [3.05, 3.63) is 34.6 Å². The van der Waals surface area contributed by atoms with E-state index in [9.17, 15) is 4.39 Å². The maximum Gasteiger partial charge on any atom is 0.141 e. The van der Waals surface area contributed by atoms with E-state index in [0.29, 0.717) is 5.92 Å². The molecule has 1 unspecified atom stereocenters. The zero-order chi connectivity index (χ0) is 13.9. The Morgan fingerprint density at radius 2 is 1.95 bits per heavy atom. The predicted molar refractivity (Wildman–Crippen MR) is 81.6 cm³/mol. The molecule has 1 atom stereocenters. The highest BCUT2D eigenvalue weighted by molar-refractivity contribution is 6.30. The average molecular weight is 296 g/mol. The maximum atomic E-state index is 13.3. The van der Waals surface area contributed by atoms with Crippen molar-refractivity contribution in [2.24, 2.45) is 11.8 Å². The van der Waals surface area contributed by atoms with Crippen LogP contribution >= 0.6 is 11.6 Å². The van der Waals surface area contributed by atoms with Crippen LogP contribution in [0, 0.1) is 17.7 Å². The molecule has 0 aromatic heterocycles. The Labute approximate surface area is 125 Å². The summed E-state index contributed by atoms with van der Waals surface area (Å²) in [7, 11) is 0. The number of halogens is 2. The van der Waals surface area contributed by atoms with Gasteiger partial charge in [-0.2, -0.15) is 0 Å². The zero-order valence-corrected chi connectivity index (χ0v) is 12.6. The summed E-state index contributed by atoms with van der Waals surface area (Å²) in [6, 6.07) is 5.95. The van der Waals surface area contributed by atoms with E-state index >= 15 is 0 Å². The van der Waals surface area contributed by atoms with Crippen molar-refractivity contribution in [1.29, 1.82) is 0 Å². The summed E-state index contributed by atoms with van der Waals surface area (Å²) in [4.78, 5) is 0. The normalized spacial score (nSPS) is 21.3. The molecule has 1 nitrogen and oxygen atoms in total. The molecule has 20 heavy (non-hydrogen) atoms. The summed E-state index contributed by atoms with van der Waals surface area (Å²) >= 11 is 5.90. The second-order valence-corrected chi connectivity index (χ2v) is 6.85. The Morgan fingerprint density at radius 3 is 2.60 bits per heavy atom.